The lowest BCUT2D eigenvalue weighted by Crippen LogP contribution is -2.63. The van der Waals surface area contributed by atoms with Crippen molar-refractivity contribution in [3.8, 4) is 0 Å². The fourth-order valence-corrected chi connectivity index (χ4v) is 2.00. The highest BCUT2D eigenvalue weighted by atomic mass is 16.6. The van der Waals surface area contributed by atoms with Crippen LogP contribution in [0.1, 0.15) is 39.5 Å². The van der Waals surface area contributed by atoms with Gasteiger partial charge in [0.25, 0.3) is 0 Å². The van der Waals surface area contributed by atoms with Gasteiger partial charge >= 0.3 is 0 Å². The fraction of sp³-hybridized carbons (Fsp3) is 1.00. The molecule has 0 aromatic carbocycles. The van der Waals surface area contributed by atoms with Crippen molar-refractivity contribution in [2.45, 2.75) is 50.6 Å². The lowest BCUT2D eigenvalue weighted by atomic mass is 9.70. The Balaban J connectivity index is 0.000000181. The second-order valence-electron chi connectivity index (χ2n) is 5.27. The van der Waals surface area contributed by atoms with Gasteiger partial charge in [-0.2, -0.15) is 0 Å². The quantitative estimate of drug-likeness (QED) is 0.652. The number of hydrogen-bond acceptors (Lipinski definition) is 4. The van der Waals surface area contributed by atoms with Gasteiger partial charge in [0, 0.05) is 11.1 Å². The van der Waals surface area contributed by atoms with Gasteiger partial charge in [-0.25, -0.2) is 0 Å². The lowest BCUT2D eigenvalue weighted by molar-refractivity contribution is -0.0334. The number of nitrogens with two attached hydrogens (primary N) is 2. The molecule has 0 aromatic rings. The largest absolute Gasteiger partial charge is 0.377 e. The average molecular weight is 230 g/mol. The topological polar surface area (TPSA) is 70.5 Å². The van der Waals surface area contributed by atoms with E-state index in [1.165, 1.54) is 12.8 Å². The molecule has 2 aliphatic rings. The zero-order chi connectivity index (χ0) is 12.1. The molecule has 2 fully saturated rings. The maximum Gasteiger partial charge on any atom is 0.0701 e. The summed E-state index contributed by atoms with van der Waals surface area (Å²) in [6, 6.07) is 0. The van der Waals surface area contributed by atoms with Gasteiger partial charge in [-0.05, 0) is 26.7 Å². The molecule has 1 aliphatic carbocycles. The zero-order valence-corrected chi connectivity index (χ0v) is 10.6. The van der Waals surface area contributed by atoms with Crippen LogP contribution in [0.2, 0.25) is 0 Å². The molecule has 1 aliphatic heterocycles. The number of hydrogen-bond donors (Lipinski definition) is 2. The number of rotatable bonds is 0. The van der Waals surface area contributed by atoms with Gasteiger partial charge in [-0.1, -0.05) is 12.8 Å². The van der Waals surface area contributed by atoms with Crippen molar-refractivity contribution in [2.24, 2.45) is 11.5 Å². The predicted octanol–water partition coefficient (Wildman–Crippen LogP) is 1.03. The first-order valence-corrected chi connectivity index (χ1v) is 6.19. The molecule has 4 heteroatoms. The Morgan fingerprint density at radius 3 is 1.25 bits per heavy atom. The Morgan fingerprint density at radius 2 is 1.06 bits per heavy atom. The van der Waals surface area contributed by atoms with Gasteiger partial charge in [0.05, 0.1) is 26.4 Å². The zero-order valence-electron chi connectivity index (χ0n) is 10.6. The molecular weight excluding hydrogens is 204 g/mol. The average Bonchev–Trinajstić information content (AvgIpc) is 2.26. The third-order valence-corrected chi connectivity index (χ3v) is 3.69. The van der Waals surface area contributed by atoms with Gasteiger partial charge in [0.1, 0.15) is 0 Å². The normalized spacial score (nSPS) is 39.8. The molecule has 16 heavy (non-hydrogen) atoms. The molecule has 1 saturated carbocycles. The van der Waals surface area contributed by atoms with E-state index in [1.807, 2.05) is 0 Å². The first-order valence-electron chi connectivity index (χ1n) is 6.19. The van der Waals surface area contributed by atoms with Crippen molar-refractivity contribution in [3.63, 3.8) is 0 Å². The summed E-state index contributed by atoms with van der Waals surface area (Å²) in [6.45, 7) is 7.23. The van der Waals surface area contributed by atoms with Crippen LogP contribution >= 0.6 is 0 Å². The van der Waals surface area contributed by atoms with E-state index in [1.54, 1.807) is 0 Å². The van der Waals surface area contributed by atoms with Crippen molar-refractivity contribution in [1.82, 2.24) is 0 Å². The molecule has 0 spiro atoms. The highest BCUT2D eigenvalue weighted by Gasteiger charge is 2.39. The molecule has 0 bridgehead atoms. The van der Waals surface area contributed by atoms with E-state index in [4.69, 9.17) is 20.9 Å². The van der Waals surface area contributed by atoms with Crippen molar-refractivity contribution in [2.75, 3.05) is 26.4 Å². The van der Waals surface area contributed by atoms with Crippen molar-refractivity contribution < 1.29 is 9.47 Å². The third kappa shape index (κ3) is 4.01. The van der Waals surface area contributed by atoms with Crippen LogP contribution in [-0.2, 0) is 9.47 Å². The Labute approximate surface area is 98.7 Å². The maximum absolute atomic E-state index is 6.03. The van der Waals surface area contributed by atoms with Crippen LogP contribution in [0.25, 0.3) is 0 Å². The minimum Gasteiger partial charge on any atom is -0.377 e. The molecule has 0 amide bonds. The molecule has 0 aromatic heterocycles. The standard InChI is InChI=1S/C8H18N2.C4H8O2/c1-7(9)5-3-4-6-8(7,2)10;1-2-6-4-3-5-1/h3-6,9-10H2,1-2H3;1-4H2. The minimum absolute atomic E-state index is 0.148. The van der Waals surface area contributed by atoms with E-state index in [9.17, 15) is 0 Å². The molecule has 0 radical (unpaired) electrons. The summed E-state index contributed by atoms with van der Waals surface area (Å²) in [6.07, 6.45) is 4.61. The first-order chi connectivity index (χ1) is 7.46. The summed E-state index contributed by atoms with van der Waals surface area (Å²) in [4.78, 5) is 0. The fourth-order valence-electron chi connectivity index (χ4n) is 2.00. The van der Waals surface area contributed by atoms with Gasteiger partial charge in [-0.15, -0.1) is 0 Å². The van der Waals surface area contributed by atoms with Gasteiger partial charge in [0.2, 0.25) is 0 Å². The molecule has 96 valence electrons. The molecule has 1 heterocycles. The molecule has 1 saturated heterocycles. The summed E-state index contributed by atoms with van der Waals surface area (Å²) < 4.78 is 9.89. The van der Waals surface area contributed by atoms with E-state index in [-0.39, 0.29) is 11.1 Å². The number of ether oxygens (including phenoxy) is 2. The van der Waals surface area contributed by atoms with Gasteiger partial charge < -0.3 is 20.9 Å². The molecule has 2 unspecified atom stereocenters. The van der Waals surface area contributed by atoms with Gasteiger partial charge in [0.15, 0.2) is 0 Å². The summed E-state index contributed by atoms with van der Waals surface area (Å²) in [5.74, 6) is 0. The third-order valence-electron chi connectivity index (χ3n) is 3.69. The van der Waals surface area contributed by atoms with Crippen LogP contribution in [0.4, 0.5) is 0 Å². The second kappa shape index (κ2) is 5.96. The lowest BCUT2D eigenvalue weighted by Gasteiger charge is -2.45. The highest BCUT2D eigenvalue weighted by molar-refractivity contribution is 5.03. The van der Waals surface area contributed by atoms with E-state index in [2.05, 4.69) is 13.8 Å². The SMILES string of the molecule is C1COCCO1.CC1(N)CCCCC1(C)N. The molecule has 2 atom stereocenters. The Morgan fingerprint density at radius 1 is 0.750 bits per heavy atom. The summed E-state index contributed by atoms with van der Waals surface area (Å²) in [5, 5.41) is 0. The van der Waals surface area contributed by atoms with E-state index in [0.29, 0.717) is 0 Å². The second-order valence-corrected chi connectivity index (χ2v) is 5.27. The van der Waals surface area contributed by atoms with Crippen LogP contribution in [0.3, 0.4) is 0 Å². The van der Waals surface area contributed by atoms with Gasteiger partial charge in [-0.3, -0.25) is 0 Å². The van der Waals surface area contributed by atoms with Crippen molar-refractivity contribution in [3.05, 3.63) is 0 Å². The van der Waals surface area contributed by atoms with Crippen LogP contribution < -0.4 is 11.5 Å². The smallest absolute Gasteiger partial charge is 0.0701 e. The Bertz CT molecular complexity index is 174. The predicted molar refractivity (Wildman–Crippen MR) is 65.3 cm³/mol. The Kier molecular flexibility index (Phi) is 5.18. The summed E-state index contributed by atoms with van der Waals surface area (Å²) in [7, 11) is 0. The summed E-state index contributed by atoms with van der Waals surface area (Å²) >= 11 is 0. The molecular formula is C12H26N2O2. The van der Waals surface area contributed by atoms with Crippen LogP contribution in [-0.4, -0.2) is 37.5 Å². The van der Waals surface area contributed by atoms with E-state index < -0.39 is 0 Å². The maximum atomic E-state index is 6.03. The first kappa shape index (κ1) is 13.9. The molecule has 2 rings (SSSR count). The highest BCUT2D eigenvalue weighted by Crippen LogP contribution is 2.32. The minimum atomic E-state index is -0.148. The van der Waals surface area contributed by atoms with Crippen LogP contribution in [0.5, 0.6) is 0 Å². The van der Waals surface area contributed by atoms with Crippen LogP contribution in [0.15, 0.2) is 0 Å². The summed E-state index contributed by atoms with van der Waals surface area (Å²) in [5.41, 5.74) is 11.8. The molecule has 4 nitrogen and oxygen atoms in total. The van der Waals surface area contributed by atoms with Crippen LogP contribution in [0, 0.1) is 0 Å². The monoisotopic (exact) mass is 230 g/mol. The van der Waals surface area contributed by atoms with Crippen molar-refractivity contribution >= 4 is 0 Å². The Hall–Kier alpha value is -0.160. The van der Waals surface area contributed by atoms with E-state index in [0.717, 1.165) is 39.3 Å². The van der Waals surface area contributed by atoms with E-state index >= 15 is 0 Å². The van der Waals surface area contributed by atoms with Crippen molar-refractivity contribution in [1.29, 1.82) is 0 Å². The molecule has 4 N–H and O–H groups in total.